The molecular formula is C18H26N4O. The highest BCUT2D eigenvalue weighted by molar-refractivity contribution is 6.05. The summed E-state index contributed by atoms with van der Waals surface area (Å²) in [6, 6.07) is 1.88. The number of rotatable bonds is 6. The molecule has 5 nitrogen and oxygen atoms in total. The predicted molar refractivity (Wildman–Crippen MR) is 91.8 cm³/mol. The molecule has 2 N–H and O–H groups in total. The number of amides is 1. The summed E-state index contributed by atoms with van der Waals surface area (Å²) in [5, 5.41) is 7.50. The first kappa shape index (κ1) is 15.8. The van der Waals surface area contributed by atoms with E-state index in [1.54, 1.807) is 6.20 Å². The molecule has 0 spiro atoms. The number of aromatic nitrogens is 3. The summed E-state index contributed by atoms with van der Waals surface area (Å²) in [6.45, 7) is 7.31. The molecule has 2 heterocycles. The zero-order chi connectivity index (χ0) is 16.4. The van der Waals surface area contributed by atoms with Crippen molar-refractivity contribution in [2.75, 3.05) is 5.32 Å². The summed E-state index contributed by atoms with van der Waals surface area (Å²) >= 11 is 0. The standard InChI is InChI=1S/C18H26N4O/c1-4-16-15(10-20-22(16)11-12(2)3)21-18(23)14-8-9-19-17(14)13-6-5-7-13/h8-10,12-13,19H,4-7,11H2,1-3H3,(H,21,23). The molecule has 0 aliphatic heterocycles. The van der Waals surface area contributed by atoms with Gasteiger partial charge in [-0.15, -0.1) is 0 Å². The lowest BCUT2D eigenvalue weighted by atomic mass is 9.81. The average Bonchev–Trinajstić information content (AvgIpc) is 3.04. The molecule has 5 heteroatoms. The molecule has 2 aromatic rings. The first-order valence-corrected chi connectivity index (χ1v) is 8.63. The van der Waals surface area contributed by atoms with Crippen LogP contribution in [-0.4, -0.2) is 20.7 Å². The van der Waals surface area contributed by atoms with Crippen LogP contribution in [0.15, 0.2) is 18.5 Å². The van der Waals surface area contributed by atoms with E-state index in [1.807, 2.05) is 16.9 Å². The maximum absolute atomic E-state index is 12.7. The zero-order valence-corrected chi connectivity index (χ0v) is 14.2. The summed E-state index contributed by atoms with van der Waals surface area (Å²) in [5.41, 5.74) is 3.78. The van der Waals surface area contributed by atoms with E-state index in [1.165, 1.54) is 19.3 Å². The number of hydrogen-bond acceptors (Lipinski definition) is 2. The van der Waals surface area contributed by atoms with Crippen molar-refractivity contribution in [3.05, 3.63) is 35.4 Å². The van der Waals surface area contributed by atoms with Crippen LogP contribution in [0.2, 0.25) is 0 Å². The second kappa shape index (κ2) is 6.60. The molecule has 3 rings (SSSR count). The Kier molecular flexibility index (Phi) is 4.55. The van der Waals surface area contributed by atoms with E-state index in [9.17, 15) is 4.79 Å². The number of carbonyl (C=O) groups excluding carboxylic acids is 1. The minimum absolute atomic E-state index is 0.0352. The van der Waals surface area contributed by atoms with Crippen LogP contribution in [0.25, 0.3) is 0 Å². The quantitative estimate of drug-likeness (QED) is 0.848. The number of H-pyrrole nitrogens is 1. The molecule has 1 fully saturated rings. The molecule has 0 saturated heterocycles. The summed E-state index contributed by atoms with van der Waals surface area (Å²) in [4.78, 5) is 15.9. The molecule has 0 atom stereocenters. The fourth-order valence-corrected chi connectivity index (χ4v) is 3.20. The van der Waals surface area contributed by atoms with Crippen LogP contribution in [0, 0.1) is 5.92 Å². The number of carbonyl (C=O) groups is 1. The Morgan fingerprint density at radius 2 is 2.26 bits per heavy atom. The third kappa shape index (κ3) is 3.19. The summed E-state index contributed by atoms with van der Waals surface area (Å²) in [5.74, 6) is 1.01. The predicted octanol–water partition coefficient (Wildman–Crippen LogP) is 3.95. The van der Waals surface area contributed by atoms with Crippen LogP contribution in [0.4, 0.5) is 5.69 Å². The minimum atomic E-state index is -0.0352. The third-order valence-electron chi connectivity index (χ3n) is 4.61. The van der Waals surface area contributed by atoms with Gasteiger partial charge >= 0.3 is 0 Å². The maximum Gasteiger partial charge on any atom is 0.257 e. The SMILES string of the molecule is CCc1c(NC(=O)c2cc[nH]c2C2CCC2)cnn1CC(C)C. The Labute approximate surface area is 137 Å². The Bertz CT molecular complexity index is 679. The third-order valence-corrected chi connectivity index (χ3v) is 4.61. The molecule has 0 bridgehead atoms. The Balaban J connectivity index is 1.78. The molecule has 0 radical (unpaired) electrons. The Morgan fingerprint density at radius 3 is 2.87 bits per heavy atom. The van der Waals surface area contributed by atoms with E-state index in [4.69, 9.17) is 0 Å². The Hall–Kier alpha value is -2.04. The largest absolute Gasteiger partial charge is 0.364 e. The van der Waals surface area contributed by atoms with Crippen LogP contribution >= 0.6 is 0 Å². The van der Waals surface area contributed by atoms with Crippen molar-refractivity contribution in [3.63, 3.8) is 0 Å². The van der Waals surface area contributed by atoms with Gasteiger partial charge in [0.25, 0.3) is 5.91 Å². The van der Waals surface area contributed by atoms with E-state index in [0.29, 0.717) is 11.8 Å². The number of nitrogens with zero attached hydrogens (tertiary/aromatic N) is 2. The smallest absolute Gasteiger partial charge is 0.257 e. The summed E-state index contributed by atoms with van der Waals surface area (Å²) in [7, 11) is 0. The molecular weight excluding hydrogens is 288 g/mol. The van der Waals surface area contributed by atoms with E-state index in [2.05, 4.69) is 36.2 Å². The lowest BCUT2D eigenvalue weighted by molar-refractivity contribution is 0.102. The van der Waals surface area contributed by atoms with E-state index < -0.39 is 0 Å². The van der Waals surface area contributed by atoms with Gasteiger partial charge in [-0.25, -0.2) is 0 Å². The molecule has 2 aromatic heterocycles. The van der Waals surface area contributed by atoms with Gasteiger partial charge in [-0.1, -0.05) is 27.2 Å². The molecule has 0 aromatic carbocycles. The van der Waals surface area contributed by atoms with Gasteiger partial charge in [-0.2, -0.15) is 5.10 Å². The fourth-order valence-electron chi connectivity index (χ4n) is 3.20. The zero-order valence-electron chi connectivity index (χ0n) is 14.2. The van der Waals surface area contributed by atoms with Crippen LogP contribution in [-0.2, 0) is 13.0 Å². The van der Waals surface area contributed by atoms with Gasteiger partial charge in [0.1, 0.15) is 0 Å². The van der Waals surface area contributed by atoms with Gasteiger partial charge < -0.3 is 10.3 Å². The van der Waals surface area contributed by atoms with E-state index in [0.717, 1.165) is 35.6 Å². The molecule has 0 unspecified atom stereocenters. The lowest BCUT2D eigenvalue weighted by Gasteiger charge is -2.25. The van der Waals surface area contributed by atoms with Crippen LogP contribution in [0.3, 0.4) is 0 Å². The van der Waals surface area contributed by atoms with Crippen LogP contribution in [0.1, 0.15) is 67.7 Å². The maximum atomic E-state index is 12.7. The second-order valence-corrected chi connectivity index (χ2v) is 6.82. The van der Waals surface area contributed by atoms with Crippen molar-refractivity contribution in [2.45, 2.75) is 58.9 Å². The molecule has 124 valence electrons. The number of aromatic amines is 1. The van der Waals surface area contributed by atoms with Crippen LogP contribution in [0.5, 0.6) is 0 Å². The van der Waals surface area contributed by atoms with Gasteiger partial charge in [-0.3, -0.25) is 9.48 Å². The molecule has 1 saturated carbocycles. The Morgan fingerprint density at radius 1 is 1.48 bits per heavy atom. The summed E-state index contributed by atoms with van der Waals surface area (Å²) < 4.78 is 2.00. The van der Waals surface area contributed by atoms with E-state index in [-0.39, 0.29) is 5.91 Å². The highest BCUT2D eigenvalue weighted by Crippen LogP contribution is 2.37. The number of anilines is 1. The molecule has 1 amide bonds. The number of hydrogen-bond donors (Lipinski definition) is 2. The van der Waals surface area contributed by atoms with Gasteiger partial charge in [-0.05, 0) is 37.2 Å². The minimum Gasteiger partial charge on any atom is -0.364 e. The lowest BCUT2D eigenvalue weighted by Crippen LogP contribution is -2.18. The molecule has 1 aliphatic rings. The van der Waals surface area contributed by atoms with Crippen molar-refractivity contribution in [2.24, 2.45) is 5.92 Å². The van der Waals surface area contributed by atoms with Gasteiger partial charge in [0, 0.05) is 18.4 Å². The van der Waals surface area contributed by atoms with Crippen molar-refractivity contribution in [1.29, 1.82) is 0 Å². The highest BCUT2D eigenvalue weighted by atomic mass is 16.1. The average molecular weight is 314 g/mol. The second-order valence-electron chi connectivity index (χ2n) is 6.82. The van der Waals surface area contributed by atoms with Gasteiger partial charge in [0.15, 0.2) is 0 Å². The van der Waals surface area contributed by atoms with Crippen molar-refractivity contribution in [3.8, 4) is 0 Å². The van der Waals surface area contributed by atoms with Crippen LogP contribution < -0.4 is 5.32 Å². The van der Waals surface area contributed by atoms with Crippen molar-refractivity contribution >= 4 is 11.6 Å². The van der Waals surface area contributed by atoms with Crippen molar-refractivity contribution in [1.82, 2.24) is 14.8 Å². The van der Waals surface area contributed by atoms with E-state index >= 15 is 0 Å². The number of nitrogens with one attached hydrogen (secondary N) is 2. The summed E-state index contributed by atoms with van der Waals surface area (Å²) in [6.07, 6.45) is 8.10. The monoisotopic (exact) mass is 314 g/mol. The topological polar surface area (TPSA) is 62.7 Å². The van der Waals surface area contributed by atoms with Crippen molar-refractivity contribution < 1.29 is 4.79 Å². The molecule has 1 aliphatic carbocycles. The molecule has 23 heavy (non-hydrogen) atoms. The van der Waals surface area contributed by atoms with Gasteiger partial charge in [0.2, 0.25) is 0 Å². The van der Waals surface area contributed by atoms with Gasteiger partial charge in [0.05, 0.1) is 23.1 Å². The highest BCUT2D eigenvalue weighted by Gasteiger charge is 2.26. The first-order valence-electron chi connectivity index (χ1n) is 8.63. The first-order chi connectivity index (χ1) is 11.1. The normalized spacial score (nSPS) is 15.0. The fraction of sp³-hybridized carbons (Fsp3) is 0.556.